The maximum absolute atomic E-state index is 12.6. The number of pyridine rings is 1. The van der Waals surface area contributed by atoms with E-state index in [0.29, 0.717) is 32.0 Å². The molecule has 1 aromatic carbocycles. The first kappa shape index (κ1) is 15.5. The number of hydrogen-bond donors (Lipinski definition) is 0. The van der Waals surface area contributed by atoms with Crippen LogP contribution >= 0.6 is 0 Å². The Morgan fingerprint density at radius 3 is 2.61 bits per heavy atom. The zero-order valence-electron chi connectivity index (χ0n) is 13.3. The summed E-state index contributed by atoms with van der Waals surface area (Å²) < 4.78 is 5.30. The Hall–Kier alpha value is -2.40. The number of nitrogens with zero attached hydrogens (tertiary/aromatic N) is 3. The molecule has 3 rings (SSSR count). The van der Waals surface area contributed by atoms with Gasteiger partial charge in [0, 0.05) is 37.2 Å². The Kier molecular flexibility index (Phi) is 4.88. The van der Waals surface area contributed by atoms with E-state index < -0.39 is 0 Å². The van der Waals surface area contributed by atoms with Gasteiger partial charge in [-0.2, -0.15) is 0 Å². The Labute approximate surface area is 136 Å². The summed E-state index contributed by atoms with van der Waals surface area (Å²) in [6.45, 7) is 5.35. The minimum Gasteiger partial charge on any atom is -0.378 e. The number of para-hydroxylation sites is 1. The molecule has 5 nitrogen and oxygen atoms in total. The van der Waals surface area contributed by atoms with Gasteiger partial charge in [0.25, 0.3) is 5.91 Å². The van der Waals surface area contributed by atoms with Crippen LogP contribution in [0.1, 0.15) is 17.4 Å². The van der Waals surface area contributed by atoms with E-state index in [1.54, 1.807) is 11.1 Å². The second kappa shape index (κ2) is 7.24. The predicted octanol–water partition coefficient (Wildman–Crippen LogP) is 2.71. The molecule has 0 aliphatic carbocycles. The Bertz CT molecular complexity index is 654. The van der Waals surface area contributed by atoms with E-state index in [1.165, 1.54) is 0 Å². The van der Waals surface area contributed by atoms with Crippen molar-refractivity contribution in [2.45, 2.75) is 6.92 Å². The van der Waals surface area contributed by atoms with Gasteiger partial charge in [0.1, 0.15) is 5.69 Å². The summed E-state index contributed by atoms with van der Waals surface area (Å²) in [4.78, 5) is 20.8. The lowest BCUT2D eigenvalue weighted by molar-refractivity contribution is 0.0299. The van der Waals surface area contributed by atoms with E-state index >= 15 is 0 Å². The van der Waals surface area contributed by atoms with E-state index in [0.717, 1.165) is 17.9 Å². The molecule has 1 amide bonds. The average Bonchev–Trinajstić information content (AvgIpc) is 2.64. The van der Waals surface area contributed by atoms with Gasteiger partial charge in [-0.3, -0.25) is 9.78 Å². The molecule has 1 aliphatic rings. The van der Waals surface area contributed by atoms with Gasteiger partial charge in [0.05, 0.1) is 13.2 Å². The smallest absolute Gasteiger partial charge is 0.272 e. The molecule has 0 N–H and O–H groups in total. The second-order valence-corrected chi connectivity index (χ2v) is 5.38. The van der Waals surface area contributed by atoms with Crippen molar-refractivity contribution < 1.29 is 9.53 Å². The van der Waals surface area contributed by atoms with Crippen LogP contribution in [0.4, 0.5) is 11.4 Å². The van der Waals surface area contributed by atoms with Crippen molar-refractivity contribution in [3.8, 4) is 0 Å². The minimum atomic E-state index is -0.0285. The summed E-state index contributed by atoms with van der Waals surface area (Å²) in [6, 6.07) is 14.0. The van der Waals surface area contributed by atoms with E-state index in [1.807, 2.05) is 30.3 Å². The van der Waals surface area contributed by atoms with Gasteiger partial charge in [-0.15, -0.1) is 0 Å². The number of carbonyl (C=O) groups is 1. The number of morpholine rings is 1. The molecule has 1 fully saturated rings. The van der Waals surface area contributed by atoms with Gasteiger partial charge in [-0.05, 0) is 31.2 Å². The highest BCUT2D eigenvalue weighted by Crippen LogP contribution is 2.25. The van der Waals surface area contributed by atoms with Crippen molar-refractivity contribution in [2.24, 2.45) is 0 Å². The van der Waals surface area contributed by atoms with E-state index in [2.05, 4.69) is 28.9 Å². The fourth-order valence-electron chi connectivity index (χ4n) is 2.75. The molecule has 120 valence electrons. The molecule has 2 aromatic rings. The van der Waals surface area contributed by atoms with E-state index in [4.69, 9.17) is 4.74 Å². The molecule has 1 aromatic heterocycles. The number of hydrogen-bond acceptors (Lipinski definition) is 4. The summed E-state index contributed by atoms with van der Waals surface area (Å²) in [5, 5.41) is 0. The molecule has 0 spiro atoms. The molecule has 23 heavy (non-hydrogen) atoms. The van der Waals surface area contributed by atoms with Gasteiger partial charge >= 0.3 is 0 Å². The highest BCUT2D eigenvalue weighted by Gasteiger charge is 2.20. The van der Waals surface area contributed by atoms with Crippen molar-refractivity contribution >= 4 is 17.3 Å². The second-order valence-electron chi connectivity index (χ2n) is 5.38. The number of amides is 1. The third-order valence-electron chi connectivity index (χ3n) is 3.96. The van der Waals surface area contributed by atoms with E-state index in [9.17, 15) is 4.79 Å². The van der Waals surface area contributed by atoms with Gasteiger partial charge in [-0.25, -0.2) is 0 Å². The Balaban J connectivity index is 1.85. The third kappa shape index (κ3) is 3.51. The Morgan fingerprint density at radius 2 is 1.91 bits per heavy atom. The zero-order valence-corrected chi connectivity index (χ0v) is 13.3. The maximum Gasteiger partial charge on any atom is 0.272 e. The lowest BCUT2D eigenvalue weighted by Crippen LogP contribution is -2.41. The lowest BCUT2D eigenvalue weighted by Gasteiger charge is -2.27. The molecular formula is C18H21N3O2. The van der Waals surface area contributed by atoms with Crippen molar-refractivity contribution in [1.29, 1.82) is 0 Å². The largest absolute Gasteiger partial charge is 0.378 e. The van der Waals surface area contributed by atoms with Crippen molar-refractivity contribution in [2.75, 3.05) is 37.7 Å². The highest BCUT2D eigenvalue weighted by molar-refractivity contribution is 5.93. The fraction of sp³-hybridized carbons (Fsp3) is 0.333. The number of carbonyl (C=O) groups excluding carboxylic acids is 1. The number of benzene rings is 1. The molecule has 0 atom stereocenters. The third-order valence-corrected chi connectivity index (χ3v) is 3.96. The van der Waals surface area contributed by atoms with Crippen LogP contribution in [0.15, 0.2) is 48.7 Å². The standard InChI is InChI=1S/C18H21N3O2/c1-2-21(15-6-4-3-5-7-15)16-8-9-19-17(14-16)18(22)20-10-12-23-13-11-20/h3-9,14H,2,10-13H2,1H3. The summed E-state index contributed by atoms with van der Waals surface area (Å²) in [5.74, 6) is -0.0285. The maximum atomic E-state index is 12.6. The molecule has 2 heterocycles. The van der Waals surface area contributed by atoms with Crippen molar-refractivity contribution in [3.63, 3.8) is 0 Å². The topological polar surface area (TPSA) is 45.7 Å². The van der Waals surface area contributed by atoms with Crippen LogP contribution in [-0.4, -0.2) is 48.6 Å². The number of aromatic nitrogens is 1. The first-order valence-corrected chi connectivity index (χ1v) is 7.95. The fourth-order valence-corrected chi connectivity index (χ4v) is 2.75. The first-order chi connectivity index (χ1) is 11.3. The lowest BCUT2D eigenvalue weighted by atomic mass is 10.2. The van der Waals surface area contributed by atoms with Gasteiger partial charge in [0.2, 0.25) is 0 Å². The molecule has 1 saturated heterocycles. The molecule has 0 unspecified atom stereocenters. The molecule has 0 saturated carbocycles. The highest BCUT2D eigenvalue weighted by atomic mass is 16.5. The SMILES string of the molecule is CCN(c1ccccc1)c1ccnc(C(=O)N2CCOCC2)c1. The van der Waals surface area contributed by atoms with Crippen LogP contribution in [0.5, 0.6) is 0 Å². The Morgan fingerprint density at radius 1 is 1.17 bits per heavy atom. The molecule has 0 bridgehead atoms. The minimum absolute atomic E-state index is 0.0285. The summed E-state index contributed by atoms with van der Waals surface area (Å²) in [6.07, 6.45) is 1.70. The van der Waals surface area contributed by atoms with Crippen LogP contribution in [0.3, 0.4) is 0 Å². The monoisotopic (exact) mass is 311 g/mol. The predicted molar refractivity (Wildman–Crippen MR) is 90.1 cm³/mol. The van der Waals surface area contributed by atoms with E-state index in [-0.39, 0.29) is 5.91 Å². The number of rotatable bonds is 4. The molecule has 5 heteroatoms. The average molecular weight is 311 g/mol. The summed E-state index contributed by atoms with van der Waals surface area (Å²) in [5.41, 5.74) is 2.56. The summed E-state index contributed by atoms with van der Waals surface area (Å²) >= 11 is 0. The molecular weight excluding hydrogens is 290 g/mol. The first-order valence-electron chi connectivity index (χ1n) is 7.95. The zero-order chi connectivity index (χ0) is 16.1. The van der Waals surface area contributed by atoms with Crippen LogP contribution in [0.25, 0.3) is 0 Å². The number of ether oxygens (including phenoxy) is 1. The molecule has 0 radical (unpaired) electrons. The quantitative estimate of drug-likeness (QED) is 0.871. The van der Waals surface area contributed by atoms with Crippen LogP contribution in [0, 0.1) is 0 Å². The van der Waals surface area contributed by atoms with Crippen LogP contribution < -0.4 is 4.90 Å². The van der Waals surface area contributed by atoms with Crippen LogP contribution in [0.2, 0.25) is 0 Å². The van der Waals surface area contributed by atoms with Gasteiger partial charge in [0.15, 0.2) is 0 Å². The summed E-state index contributed by atoms with van der Waals surface area (Å²) in [7, 11) is 0. The van der Waals surface area contributed by atoms with Crippen LogP contribution in [-0.2, 0) is 4.74 Å². The number of anilines is 2. The molecule has 1 aliphatic heterocycles. The van der Waals surface area contributed by atoms with Gasteiger partial charge in [-0.1, -0.05) is 18.2 Å². The van der Waals surface area contributed by atoms with Crippen molar-refractivity contribution in [1.82, 2.24) is 9.88 Å². The normalized spacial score (nSPS) is 14.6. The van der Waals surface area contributed by atoms with Crippen molar-refractivity contribution in [3.05, 3.63) is 54.4 Å². The van der Waals surface area contributed by atoms with Gasteiger partial charge < -0.3 is 14.5 Å².